The van der Waals surface area contributed by atoms with Gasteiger partial charge in [0.2, 0.25) is 0 Å². The van der Waals surface area contributed by atoms with Crippen molar-refractivity contribution < 1.29 is 4.79 Å². The Morgan fingerprint density at radius 1 is 1.77 bits per heavy atom. The molecule has 1 heterocycles. The van der Waals surface area contributed by atoms with Gasteiger partial charge in [-0.05, 0) is 13.3 Å². The van der Waals surface area contributed by atoms with Crippen LogP contribution < -0.4 is 5.32 Å². The summed E-state index contributed by atoms with van der Waals surface area (Å²) in [6.07, 6.45) is 1.04. The van der Waals surface area contributed by atoms with Crippen molar-refractivity contribution in [3.63, 3.8) is 0 Å². The third kappa shape index (κ3) is 2.62. The second-order valence-electron chi connectivity index (χ2n) is 2.67. The number of nitrogens with zero attached hydrogens (tertiary/aromatic N) is 2. The lowest BCUT2D eigenvalue weighted by molar-refractivity contribution is 0.223. The van der Waals surface area contributed by atoms with E-state index in [0.29, 0.717) is 0 Å². The van der Waals surface area contributed by atoms with Gasteiger partial charge in [0.05, 0.1) is 0 Å². The standard InChI is InChI=1S/C8H15N3OS/c1-3-10-8-11(7(12)9-2)5-4-6-13-8/h3-6H2,1-2H3,(H,9,12)/b10-8-. The van der Waals surface area contributed by atoms with Crippen molar-refractivity contribution in [2.45, 2.75) is 13.3 Å². The summed E-state index contributed by atoms with van der Waals surface area (Å²) < 4.78 is 0. The highest BCUT2D eigenvalue weighted by Gasteiger charge is 2.21. The first-order valence-electron chi connectivity index (χ1n) is 4.46. The number of carbonyl (C=O) groups is 1. The molecule has 1 N–H and O–H groups in total. The summed E-state index contributed by atoms with van der Waals surface area (Å²) in [6, 6.07) is -0.0561. The van der Waals surface area contributed by atoms with Crippen molar-refractivity contribution in [2.24, 2.45) is 4.99 Å². The fraction of sp³-hybridized carbons (Fsp3) is 0.750. The highest BCUT2D eigenvalue weighted by molar-refractivity contribution is 8.13. The van der Waals surface area contributed by atoms with Crippen molar-refractivity contribution in [1.82, 2.24) is 10.2 Å². The predicted octanol–water partition coefficient (Wildman–Crippen LogP) is 1.14. The molecule has 1 saturated heterocycles. The van der Waals surface area contributed by atoms with Crippen LogP contribution >= 0.6 is 11.8 Å². The maximum Gasteiger partial charge on any atom is 0.323 e. The first-order chi connectivity index (χ1) is 6.29. The minimum atomic E-state index is -0.0561. The molecule has 1 aliphatic heterocycles. The first-order valence-corrected chi connectivity index (χ1v) is 5.44. The molecule has 1 fully saturated rings. The molecule has 4 nitrogen and oxygen atoms in total. The summed E-state index contributed by atoms with van der Waals surface area (Å²) in [4.78, 5) is 17.4. The van der Waals surface area contributed by atoms with Gasteiger partial charge in [-0.2, -0.15) is 0 Å². The Kier molecular flexibility index (Phi) is 4.08. The number of aliphatic imine (C=N–C) groups is 1. The van der Waals surface area contributed by atoms with Crippen molar-refractivity contribution in [2.75, 3.05) is 25.9 Å². The van der Waals surface area contributed by atoms with Gasteiger partial charge < -0.3 is 5.32 Å². The molecule has 0 radical (unpaired) electrons. The molecule has 0 aromatic carbocycles. The van der Waals surface area contributed by atoms with Crippen LogP contribution in [0.1, 0.15) is 13.3 Å². The monoisotopic (exact) mass is 201 g/mol. The Bertz CT molecular complexity index is 217. The van der Waals surface area contributed by atoms with Crippen LogP contribution in [0, 0.1) is 0 Å². The second-order valence-corrected chi connectivity index (χ2v) is 3.73. The zero-order valence-corrected chi connectivity index (χ0v) is 8.86. The van der Waals surface area contributed by atoms with E-state index in [2.05, 4.69) is 10.3 Å². The zero-order valence-electron chi connectivity index (χ0n) is 8.04. The summed E-state index contributed by atoms with van der Waals surface area (Å²) in [5, 5.41) is 3.47. The number of urea groups is 1. The van der Waals surface area contributed by atoms with E-state index in [9.17, 15) is 4.79 Å². The topological polar surface area (TPSA) is 44.7 Å². The summed E-state index contributed by atoms with van der Waals surface area (Å²) in [6.45, 7) is 3.49. The average molecular weight is 201 g/mol. The number of thioether (sulfide) groups is 1. The maximum atomic E-state index is 11.4. The van der Waals surface area contributed by atoms with Crippen LogP contribution in [-0.2, 0) is 0 Å². The maximum absolute atomic E-state index is 11.4. The van der Waals surface area contributed by atoms with E-state index in [0.717, 1.165) is 30.4 Å². The van der Waals surface area contributed by atoms with Crippen LogP contribution in [0.25, 0.3) is 0 Å². The van der Waals surface area contributed by atoms with Gasteiger partial charge in [-0.25, -0.2) is 4.79 Å². The number of rotatable bonds is 1. The average Bonchev–Trinajstić information content (AvgIpc) is 2.18. The van der Waals surface area contributed by atoms with Gasteiger partial charge >= 0.3 is 6.03 Å². The number of carbonyl (C=O) groups excluding carboxylic acids is 1. The van der Waals surface area contributed by atoms with Crippen molar-refractivity contribution in [1.29, 1.82) is 0 Å². The van der Waals surface area contributed by atoms with Crippen LogP contribution in [0.2, 0.25) is 0 Å². The largest absolute Gasteiger partial charge is 0.341 e. The Hall–Kier alpha value is -0.710. The Morgan fingerprint density at radius 3 is 3.15 bits per heavy atom. The first kappa shape index (κ1) is 10.4. The molecule has 1 aliphatic rings. The van der Waals surface area contributed by atoms with E-state index < -0.39 is 0 Å². The van der Waals surface area contributed by atoms with Gasteiger partial charge in [0.15, 0.2) is 5.17 Å². The van der Waals surface area contributed by atoms with Crippen molar-refractivity contribution in [3.05, 3.63) is 0 Å². The zero-order chi connectivity index (χ0) is 9.68. The molecule has 5 heteroatoms. The van der Waals surface area contributed by atoms with Crippen LogP contribution in [-0.4, -0.2) is 42.0 Å². The molecule has 0 bridgehead atoms. The Labute approximate surface area is 82.8 Å². The van der Waals surface area contributed by atoms with E-state index in [1.807, 2.05) is 6.92 Å². The third-order valence-corrected chi connectivity index (χ3v) is 2.84. The number of amidine groups is 1. The quantitative estimate of drug-likeness (QED) is 0.691. The SMILES string of the molecule is CC/N=C1\SCCCN1C(=O)NC. The van der Waals surface area contributed by atoms with E-state index in [4.69, 9.17) is 0 Å². The molecular formula is C8H15N3OS. The summed E-state index contributed by atoms with van der Waals surface area (Å²) in [7, 11) is 1.64. The van der Waals surface area contributed by atoms with Gasteiger partial charge in [0.25, 0.3) is 0 Å². The van der Waals surface area contributed by atoms with E-state index in [1.165, 1.54) is 0 Å². The molecule has 0 aromatic heterocycles. The molecule has 0 aliphatic carbocycles. The van der Waals surface area contributed by atoms with Crippen LogP contribution in [0.15, 0.2) is 4.99 Å². The molecule has 0 spiro atoms. The molecule has 0 aromatic rings. The molecule has 1 rings (SSSR count). The number of amides is 2. The molecule has 0 unspecified atom stereocenters. The normalized spacial score (nSPS) is 20.5. The summed E-state index contributed by atoms with van der Waals surface area (Å²) in [5.41, 5.74) is 0. The Morgan fingerprint density at radius 2 is 2.54 bits per heavy atom. The van der Waals surface area contributed by atoms with Crippen molar-refractivity contribution >= 4 is 23.0 Å². The molecule has 13 heavy (non-hydrogen) atoms. The smallest absolute Gasteiger partial charge is 0.323 e. The van der Waals surface area contributed by atoms with Crippen LogP contribution in [0.4, 0.5) is 4.79 Å². The highest BCUT2D eigenvalue weighted by Crippen LogP contribution is 2.17. The number of nitrogens with one attached hydrogen (secondary N) is 1. The summed E-state index contributed by atoms with van der Waals surface area (Å²) in [5.74, 6) is 1.06. The van der Waals surface area contributed by atoms with Gasteiger partial charge in [-0.1, -0.05) is 11.8 Å². The number of hydrogen-bond donors (Lipinski definition) is 1. The van der Waals surface area contributed by atoms with Gasteiger partial charge in [0, 0.05) is 25.9 Å². The van der Waals surface area contributed by atoms with Crippen LogP contribution in [0.3, 0.4) is 0 Å². The van der Waals surface area contributed by atoms with Crippen LogP contribution in [0.5, 0.6) is 0 Å². The van der Waals surface area contributed by atoms with Crippen molar-refractivity contribution in [3.8, 4) is 0 Å². The molecule has 74 valence electrons. The third-order valence-electron chi connectivity index (χ3n) is 1.74. The fourth-order valence-corrected chi connectivity index (χ4v) is 2.16. The van der Waals surface area contributed by atoms with Gasteiger partial charge in [-0.3, -0.25) is 9.89 Å². The minimum absolute atomic E-state index is 0.0561. The lowest BCUT2D eigenvalue weighted by atomic mass is 10.4. The minimum Gasteiger partial charge on any atom is -0.341 e. The lowest BCUT2D eigenvalue weighted by Crippen LogP contribution is -2.44. The molecule has 0 saturated carbocycles. The Balaban J connectivity index is 2.67. The number of hydrogen-bond acceptors (Lipinski definition) is 3. The van der Waals surface area contributed by atoms with Gasteiger partial charge in [-0.15, -0.1) is 0 Å². The van der Waals surface area contributed by atoms with E-state index >= 15 is 0 Å². The van der Waals surface area contributed by atoms with E-state index in [-0.39, 0.29) is 6.03 Å². The predicted molar refractivity (Wildman–Crippen MR) is 56.2 cm³/mol. The second kappa shape index (κ2) is 5.11. The highest BCUT2D eigenvalue weighted by atomic mass is 32.2. The molecule has 2 amide bonds. The van der Waals surface area contributed by atoms with E-state index in [1.54, 1.807) is 23.7 Å². The summed E-state index contributed by atoms with van der Waals surface area (Å²) >= 11 is 1.65. The molecular weight excluding hydrogens is 186 g/mol. The fourth-order valence-electron chi connectivity index (χ4n) is 1.15. The lowest BCUT2D eigenvalue weighted by Gasteiger charge is -2.27. The van der Waals surface area contributed by atoms with Gasteiger partial charge in [0.1, 0.15) is 0 Å². The molecule has 0 atom stereocenters.